The van der Waals surface area contributed by atoms with Gasteiger partial charge in [-0.3, -0.25) is 4.90 Å². The molecule has 0 bridgehead atoms. The van der Waals surface area contributed by atoms with Gasteiger partial charge >= 0.3 is 0 Å². The van der Waals surface area contributed by atoms with Crippen LogP contribution in [-0.2, 0) is 0 Å². The first-order valence-corrected chi connectivity index (χ1v) is 4.66. The fraction of sp³-hybridized carbons (Fsp3) is 0.0909. The molecule has 0 unspecified atom stereocenters. The summed E-state index contributed by atoms with van der Waals surface area (Å²) in [7, 11) is 0. The highest BCUT2D eigenvalue weighted by atomic mass is 35.5. The van der Waals surface area contributed by atoms with Gasteiger partial charge in [0.1, 0.15) is 11.9 Å². The zero-order valence-corrected chi connectivity index (χ0v) is 9.00. The van der Waals surface area contributed by atoms with E-state index in [0.29, 0.717) is 5.69 Å². The van der Waals surface area contributed by atoms with Gasteiger partial charge in [-0.15, -0.1) is 0 Å². The lowest BCUT2D eigenvalue weighted by Crippen LogP contribution is -2.17. The van der Waals surface area contributed by atoms with Crippen molar-refractivity contribution < 1.29 is 4.39 Å². The maximum absolute atomic E-state index is 13.0. The largest absolute Gasteiger partial charge is 0.274 e. The fourth-order valence-electron chi connectivity index (χ4n) is 1.12. The minimum absolute atomic E-state index is 0.113. The molecular weight excluding hydrogens is 229 g/mol. The van der Waals surface area contributed by atoms with Crippen LogP contribution in [0.2, 0.25) is 0 Å². The van der Waals surface area contributed by atoms with Crippen molar-refractivity contribution in [2.45, 2.75) is 0 Å². The Morgan fingerprint density at radius 3 is 2.69 bits per heavy atom. The summed E-state index contributed by atoms with van der Waals surface area (Å²) in [4.78, 5) is 1.22. The summed E-state index contributed by atoms with van der Waals surface area (Å²) in [5.74, 6) is -0.617. The molecule has 3 nitrogen and oxygen atoms in total. The number of nitriles is 2. The molecule has 16 heavy (non-hydrogen) atoms. The highest BCUT2D eigenvalue weighted by Gasteiger charge is 2.09. The summed E-state index contributed by atoms with van der Waals surface area (Å²) in [5.41, 5.74) is 0.292. The van der Waals surface area contributed by atoms with Gasteiger partial charge in [-0.05, 0) is 18.2 Å². The number of anilines is 1. The summed E-state index contributed by atoms with van der Waals surface area (Å²) in [6.45, 7) is 3.58. The Morgan fingerprint density at radius 2 is 2.19 bits per heavy atom. The molecule has 80 valence electrons. The molecule has 1 aromatic carbocycles. The van der Waals surface area contributed by atoms with E-state index in [4.69, 9.17) is 22.1 Å². The molecule has 5 heteroatoms. The summed E-state index contributed by atoms with van der Waals surface area (Å²) in [5, 5.41) is 17.8. The Bertz CT molecular complexity index is 499. The van der Waals surface area contributed by atoms with E-state index in [1.165, 1.54) is 17.0 Å². The maximum atomic E-state index is 13.0. The minimum atomic E-state index is -0.617. The third kappa shape index (κ3) is 2.73. The van der Waals surface area contributed by atoms with Crippen molar-refractivity contribution in [3.63, 3.8) is 0 Å². The van der Waals surface area contributed by atoms with E-state index < -0.39 is 5.82 Å². The number of benzene rings is 1. The lowest BCUT2D eigenvalue weighted by Gasteiger charge is -2.14. The van der Waals surface area contributed by atoms with Crippen LogP contribution >= 0.6 is 11.6 Å². The van der Waals surface area contributed by atoms with Crippen LogP contribution in [0.5, 0.6) is 0 Å². The van der Waals surface area contributed by atoms with Crippen molar-refractivity contribution in [1.29, 1.82) is 10.5 Å². The van der Waals surface area contributed by atoms with Crippen LogP contribution < -0.4 is 4.90 Å². The average molecular weight is 236 g/mol. The molecule has 1 rings (SSSR count). The first-order chi connectivity index (χ1) is 7.58. The molecule has 0 radical (unpaired) electrons. The molecule has 0 aromatic heterocycles. The second kappa shape index (κ2) is 5.16. The first kappa shape index (κ1) is 12.0. The Labute approximate surface area is 97.6 Å². The molecular formula is C11H7ClFN3. The van der Waals surface area contributed by atoms with Crippen LogP contribution in [-0.4, -0.2) is 6.54 Å². The average Bonchev–Trinajstić information content (AvgIpc) is 2.26. The van der Waals surface area contributed by atoms with Crippen LogP contribution in [0.3, 0.4) is 0 Å². The summed E-state index contributed by atoms with van der Waals surface area (Å²) < 4.78 is 13.0. The van der Waals surface area contributed by atoms with E-state index in [0.717, 1.165) is 6.07 Å². The smallest absolute Gasteiger partial charge is 0.184 e. The second-order valence-electron chi connectivity index (χ2n) is 2.98. The third-order valence-corrected chi connectivity index (χ3v) is 1.95. The summed E-state index contributed by atoms with van der Waals surface area (Å²) in [6.07, 6.45) is 1.88. The van der Waals surface area contributed by atoms with E-state index in [1.54, 1.807) is 6.07 Å². The van der Waals surface area contributed by atoms with Crippen LogP contribution in [0.25, 0.3) is 0 Å². The molecule has 0 heterocycles. The quantitative estimate of drug-likeness (QED) is 0.598. The van der Waals surface area contributed by atoms with Crippen LogP contribution in [0.1, 0.15) is 5.56 Å². The van der Waals surface area contributed by atoms with Crippen molar-refractivity contribution in [3.8, 4) is 12.3 Å². The molecule has 0 aliphatic heterocycles. The lowest BCUT2D eigenvalue weighted by atomic mass is 10.2. The van der Waals surface area contributed by atoms with Gasteiger partial charge in [0.05, 0.1) is 17.8 Å². The molecule has 1 aromatic rings. The zero-order chi connectivity index (χ0) is 12.1. The van der Waals surface area contributed by atoms with Gasteiger partial charge in [-0.2, -0.15) is 10.5 Å². The predicted molar refractivity (Wildman–Crippen MR) is 59.1 cm³/mol. The first-order valence-electron chi connectivity index (χ1n) is 4.28. The molecule has 0 saturated heterocycles. The Hall–Kier alpha value is -2.04. The van der Waals surface area contributed by atoms with Crippen molar-refractivity contribution in [1.82, 2.24) is 0 Å². The SMILES string of the molecule is C=C(Cl)CN(C#N)c1ccc(F)c(C#N)c1. The minimum Gasteiger partial charge on any atom is -0.274 e. The van der Waals surface area contributed by atoms with Crippen LogP contribution in [0.15, 0.2) is 29.8 Å². The molecule has 0 N–H and O–H groups in total. The predicted octanol–water partition coefficient (Wildman–Crippen LogP) is 2.74. The van der Waals surface area contributed by atoms with E-state index >= 15 is 0 Å². The maximum Gasteiger partial charge on any atom is 0.184 e. The monoisotopic (exact) mass is 235 g/mol. The molecule has 0 spiro atoms. The van der Waals surface area contributed by atoms with Crippen LogP contribution in [0, 0.1) is 28.6 Å². The van der Waals surface area contributed by atoms with Gasteiger partial charge in [0, 0.05) is 5.03 Å². The number of nitrogens with zero attached hydrogens (tertiary/aromatic N) is 3. The summed E-state index contributed by atoms with van der Waals surface area (Å²) >= 11 is 5.58. The second-order valence-corrected chi connectivity index (χ2v) is 3.51. The van der Waals surface area contributed by atoms with E-state index in [9.17, 15) is 4.39 Å². The molecule has 0 atom stereocenters. The van der Waals surface area contributed by atoms with Gasteiger partial charge in [-0.25, -0.2) is 4.39 Å². The van der Waals surface area contributed by atoms with Crippen molar-refractivity contribution in [2.24, 2.45) is 0 Å². The molecule has 0 aliphatic rings. The zero-order valence-electron chi connectivity index (χ0n) is 8.24. The number of hydrogen-bond donors (Lipinski definition) is 0. The Balaban J connectivity index is 3.09. The van der Waals surface area contributed by atoms with Crippen molar-refractivity contribution >= 4 is 17.3 Å². The highest BCUT2D eigenvalue weighted by molar-refractivity contribution is 6.29. The van der Waals surface area contributed by atoms with Crippen LogP contribution in [0.4, 0.5) is 10.1 Å². The van der Waals surface area contributed by atoms with Gasteiger partial charge in [0.25, 0.3) is 0 Å². The Kier molecular flexibility index (Phi) is 3.88. The highest BCUT2D eigenvalue weighted by Crippen LogP contribution is 2.19. The van der Waals surface area contributed by atoms with Gasteiger partial charge in [0.2, 0.25) is 0 Å². The van der Waals surface area contributed by atoms with Crippen molar-refractivity contribution in [2.75, 3.05) is 11.4 Å². The normalized spacial score (nSPS) is 9.00. The standard InChI is InChI=1S/C11H7ClFN3/c1-8(12)6-16(7-15)10-2-3-11(13)9(4-10)5-14/h2-4H,1,6H2. The van der Waals surface area contributed by atoms with E-state index in [-0.39, 0.29) is 17.1 Å². The third-order valence-electron chi connectivity index (χ3n) is 1.83. The van der Waals surface area contributed by atoms with Gasteiger partial charge < -0.3 is 0 Å². The molecule has 0 amide bonds. The number of hydrogen-bond acceptors (Lipinski definition) is 3. The van der Waals surface area contributed by atoms with Gasteiger partial charge in [-0.1, -0.05) is 18.2 Å². The van der Waals surface area contributed by atoms with E-state index in [1.807, 2.05) is 6.19 Å². The molecule has 0 saturated carbocycles. The van der Waals surface area contributed by atoms with Crippen molar-refractivity contribution in [3.05, 3.63) is 41.2 Å². The van der Waals surface area contributed by atoms with E-state index in [2.05, 4.69) is 6.58 Å². The molecule has 0 aliphatic carbocycles. The number of rotatable bonds is 3. The lowest BCUT2D eigenvalue weighted by molar-refractivity contribution is 0.624. The topological polar surface area (TPSA) is 50.8 Å². The Morgan fingerprint density at radius 1 is 1.50 bits per heavy atom. The molecule has 0 fully saturated rings. The summed E-state index contributed by atoms with van der Waals surface area (Å²) in [6, 6.07) is 5.53. The van der Waals surface area contributed by atoms with Gasteiger partial charge in [0.15, 0.2) is 6.19 Å². The fourth-order valence-corrected chi connectivity index (χ4v) is 1.24. The number of halogens is 2.